The Kier molecular flexibility index (Phi) is 6.03. The first kappa shape index (κ1) is 17.0. The van der Waals surface area contributed by atoms with Crippen LogP contribution in [0.15, 0.2) is 0 Å². The summed E-state index contributed by atoms with van der Waals surface area (Å²) < 4.78 is 0. The lowest BCUT2D eigenvalue weighted by Gasteiger charge is -2.46. The molecule has 0 bridgehead atoms. The predicted octanol–water partition coefficient (Wildman–Crippen LogP) is 2.57. The van der Waals surface area contributed by atoms with E-state index in [4.69, 9.17) is 0 Å². The molecule has 1 aliphatic heterocycles. The van der Waals surface area contributed by atoms with Gasteiger partial charge < -0.3 is 10.2 Å². The van der Waals surface area contributed by atoms with Crippen molar-refractivity contribution in [1.82, 2.24) is 10.2 Å². The van der Waals surface area contributed by atoms with Crippen LogP contribution >= 0.6 is 0 Å². The first-order valence-corrected chi connectivity index (χ1v) is 8.01. The minimum atomic E-state index is -0.372. The maximum absolute atomic E-state index is 12.8. The monoisotopic (exact) mass is 282 g/mol. The Balaban J connectivity index is 3.16. The highest BCUT2D eigenvalue weighted by Crippen LogP contribution is 2.26. The van der Waals surface area contributed by atoms with E-state index in [1.54, 1.807) is 0 Å². The zero-order valence-electron chi connectivity index (χ0n) is 13.8. The van der Waals surface area contributed by atoms with Crippen molar-refractivity contribution in [1.29, 1.82) is 0 Å². The second kappa shape index (κ2) is 7.09. The van der Waals surface area contributed by atoms with Gasteiger partial charge in [-0.25, -0.2) is 0 Å². The summed E-state index contributed by atoms with van der Waals surface area (Å²) in [7, 11) is 0. The van der Waals surface area contributed by atoms with Crippen molar-refractivity contribution in [3.05, 3.63) is 0 Å². The number of nitrogens with one attached hydrogen (secondary N) is 1. The number of amides is 2. The molecule has 1 rings (SSSR count). The van der Waals surface area contributed by atoms with Crippen LogP contribution in [-0.4, -0.2) is 34.8 Å². The molecule has 1 N–H and O–H groups in total. The molecule has 1 heterocycles. The molecule has 0 aromatic carbocycles. The summed E-state index contributed by atoms with van der Waals surface area (Å²) in [5, 5.41) is 2.93. The first-order chi connectivity index (χ1) is 9.38. The predicted molar refractivity (Wildman–Crippen MR) is 81.2 cm³/mol. The van der Waals surface area contributed by atoms with E-state index in [-0.39, 0.29) is 41.8 Å². The normalized spacial score (nSPS) is 25.3. The third-order valence-electron chi connectivity index (χ3n) is 4.57. The molecular weight excluding hydrogens is 252 g/mol. The summed E-state index contributed by atoms with van der Waals surface area (Å²) in [6.45, 7) is 12.3. The highest BCUT2D eigenvalue weighted by atomic mass is 16.2. The van der Waals surface area contributed by atoms with Crippen LogP contribution in [0.5, 0.6) is 0 Å². The van der Waals surface area contributed by atoms with Crippen molar-refractivity contribution in [3.8, 4) is 0 Å². The Labute approximate surface area is 123 Å². The lowest BCUT2D eigenvalue weighted by atomic mass is 9.88. The van der Waals surface area contributed by atoms with Crippen molar-refractivity contribution in [2.45, 2.75) is 78.9 Å². The molecule has 0 saturated carbocycles. The standard InChI is InChI=1S/C16H30N2O2/c1-7-11(6)14-15(19)17-13(10(4)5)16(20)18(14)12(8-2)9-3/h10-14H,7-9H2,1-6H3,(H,17,19). The van der Waals surface area contributed by atoms with Crippen molar-refractivity contribution < 1.29 is 9.59 Å². The first-order valence-electron chi connectivity index (χ1n) is 8.01. The molecule has 4 nitrogen and oxygen atoms in total. The number of nitrogens with zero attached hydrogens (tertiary/aromatic N) is 1. The Hall–Kier alpha value is -1.06. The van der Waals surface area contributed by atoms with Crippen molar-refractivity contribution in [2.24, 2.45) is 11.8 Å². The molecular formula is C16H30N2O2. The van der Waals surface area contributed by atoms with E-state index in [2.05, 4.69) is 33.0 Å². The van der Waals surface area contributed by atoms with Gasteiger partial charge in [-0.1, -0.05) is 48.0 Å². The van der Waals surface area contributed by atoms with Gasteiger partial charge in [0.05, 0.1) is 0 Å². The maximum atomic E-state index is 12.8. The Morgan fingerprint density at radius 3 is 2.00 bits per heavy atom. The highest BCUT2D eigenvalue weighted by Gasteiger charge is 2.45. The summed E-state index contributed by atoms with van der Waals surface area (Å²) in [5.74, 6) is 0.428. The largest absolute Gasteiger partial charge is 0.342 e. The highest BCUT2D eigenvalue weighted by molar-refractivity contribution is 5.97. The molecule has 20 heavy (non-hydrogen) atoms. The number of piperazine rings is 1. The average Bonchev–Trinajstić information content (AvgIpc) is 2.42. The summed E-state index contributed by atoms with van der Waals surface area (Å²) in [6.07, 6.45) is 2.69. The zero-order valence-corrected chi connectivity index (χ0v) is 13.8. The minimum absolute atomic E-state index is 0.0181. The number of hydrogen-bond donors (Lipinski definition) is 1. The Bertz CT molecular complexity index is 350. The van der Waals surface area contributed by atoms with Gasteiger partial charge in [0.25, 0.3) is 0 Å². The second-order valence-electron chi connectivity index (χ2n) is 6.28. The molecule has 0 aromatic rings. The molecule has 3 unspecified atom stereocenters. The van der Waals surface area contributed by atoms with Crippen molar-refractivity contribution in [2.75, 3.05) is 0 Å². The molecule has 1 fully saturated rings. The Morgan fingerprint density at radius 2 is 1.60 bits per heavy atom. The van der Waals surface area contributed by atoms with E-state index in [0.717, 1.165) is 19.3 Å². The third-order valence-corrected chi connectivity index (χ3v) is 4.57. The van der Waals surface area contributed by atoms with Gasteiger partial charge >= 0.3 is 0 Å². The minimum Gasteiger partial charge on any atom is -0.342 e. The molecule has 2 amide bonds. The van der Waals surface area contributed by atoms with E-state index in [1.165, 1.54) is 0 Å². The van der Waals surface area contributed by atoms with Crippen LogP contribution in [0.2, 0.25) is 0 Å². The SMILES string of the molecule is CCC(C)C1C(=O)NC(C(C)C)C(=O)N1C(CC)CC. The zero-order chi connectivity index (χ0) is 15.4. The van der Waals surface area contributed by atoms with Gasteiger partial charge in [0.2, 0.25) is 11.8 Å². The summed E-state index contributed by atoms with van der Waals surface area (Å²) in [4.78, 5) is 27.2. The lowest BCUT2D eigenvalue weighted by molar-refractivity contribution is -0.156. The molecule has 116 valence electrons. The fourth-order valence-electron chi connectivity index (χ4n) is 3.02. The van der Waals surface area contributed by atoms with Gasteiger partial charge in [0.1, 0.15) is 12.1 Å². The summed E-state index contributed by atoms with van der Waals surface area (Å²) >= 11 is 0. The van der Waals surface area contributed by atoms with Gasteiger partial charge in [-0.3, -0.25) is 9.59 Å². The van der Waals surface area contributed by atoms with Crippen LogP contribution in [0.1, 0.15) is 60.8 Å². The van der Waals surface area contributed by atoms with Crippen LogP contribution in [0.4, 0.5) is 0 Å². The number of carbonyl (C=O) groups excluding carboxylic acids is 2. The molecule has 0 radical (unpaired) electrons. The molecule has 0 spiro atoms. The molecule has 1 saturated heterocycles. The molecule has 1 aliphatic rings. The van der Waals surface area contributed by atoms with Gasteiger partial charge in [-0.15, -0.1) is 0 Å². The topological polar surface area (TPSA) is 49.4 Å². The van der Waals surface area contributed by atoms with E-state index in [9.17, 15) is 9.59 Å². The number of rotatable bonds is 6. The third kappa shape index (κ3) is 3.15. The Morgan fingerprint density at radius 1 is 1.05 bits per heavy atom. The van der Waals surface area contributed by atoms with Gasteiger partial charge in [0, 0.05) is 6.04 Å². The van der Waals surface area contributed by atoms with E-state index in [0.29, 0.717) is 0 Å². The van der Waals surface area contributed by atoms with Crippen molar-refractivity contribution in [3.63, 3.8) is 0 Å². The maximum Gasteiger partial charge on any atom is 0.246 e. The van der Waals surface area contributed by atoms with Gasteiger partial charge in [0.15, 0.2) is 0 Å². The van der Waals surface area contributed by atoms with Crippen molar-refractivity contribution >= 4 is 11.8 Å². The second-order valence-corrected chi connectivity index (χ2v) is 6.28. The average molecular weight is 282 g/mol. The van der Waals surface area contributed by atoms with Gasteiger partial charge in [-0.2, -0.15) is 0 Å². The van der Waals surface area contributed by atoms with Crippen LogP contribution in [0.3, 0.4) is 0 Å². The molecule has 0 aromatic heterocycles. The summed E-state index contributed by atoms with van der Waals surface area (Å²) in [6, 6.07) is -0.524. The van der Waals surface area contributed by atoms with E-state index >= 15 is 0 Å². The van der Waals surface area contributed by atoms with E-state index < -0.39 is 0 Å². The smallest absolute Gasteiger partial charge is 0.246 e. The lowest BCUT2D eigenvalue weighted by Crippen LogP contribution is -2.68. The molecule has 3 atom stereocenters. The fraction of sp³-hybridized carbons (Fsp3) is 0.875. The molecule has 0 aliphatic carbocycles. The number of carbonyl (C=O) groups is 2. The fourth-order valence-corrected chi connectivity index (χ4v) is 3.02. The summed E-state index contributed by atoms with van der Waals surface area (Å²) in [5.41, 5.74) is 0. The molecule has 4 heteroatoms. The van der Waals surface area contributed by atoms with Crippen LogP contribution in [0, 0.1) is 11.8 Å². The number of hydrogen-bond acceptors (Lipinski definition) is 2. The van der Waals surface area contributed by atoms with Crippen LogP contribution < -0.4 is 5.32 Å². The van der Waals surface area contributed by atoms with Crippen LogP contribution in [-0.2, 0) is 9.59 Å². The van der Waals surface area contributed by atoms with E-state index in [1.807, 2.05) is 18.7 Å². The quantitative estimate of drug-likeness (QED) is 0.814. The van der Waals surface area contributed by atoms with Gasteiger partial charge in [-0.05, 0) is 24.7 Å². The van der Waals surface area contributed by atoms with Crippen LogP contribution in [0.25, 0.3) is 0 Å².